The van der Waals surface area contributed by atoms with E-state index in [1.54, 1.807) is 45.0 Å². The molecule has 144 valence electrons. The van der Waals surface area contributed by atoms with Crippen molar-refractivity contribution >= 4 is 29.3 Å². The standard InChI is InChI=1S/C19H20ClNO6/c1-4-25-19(24)18-12(3)21-11(2)17(18)15(22)9-27-16(23)10-26-14-7-5-13(20)6-8-14/h5-8,21H,4,9-10H2,1-3H3. The molecule has 27 heavy (non-hydrogen) atoms. The van der Waals surface area contributed by atoms with Crippen LogP contribution in [0.4, 0.5) is 0 Å². The number of halogens is 1. The predicted molar refractivity (Wildman–Crippen MR) is 98.5 cm³/mol. The molecule has 0 saturated heterocycles. The third kappa shape index (κ3) is 5.34. The van der Waals surface area contributed by atoms with Gasteiger partial charge in [0.15, 0.2) is 13.2 Å². The van der Waals surface area contributed by atoms with E-state index in [4.69, 9.17) is 25.8 Å². The summed E-state index contributed by atoms with van der Waals surface area (Å²) in [6.07, 6.45) is 0. The van der Waals surface area contributed by atoms with Crippen molar-refractivity contribution in [1.82, 2.24) is 4.98 Å². The fourth-order valence-corrected chi connectivity index (χ4v) is 2.65. The van der Waals surface area contributed by atoms with Gasteiger partial charge in [0.1, 0.15) is 5.75 Å². The number of nitrogens with one attached hydrogen (secondary N) is 1. The number of rotatable bonds is 8. The summed E-state index contributed by atoms with van der Waals surface area (Å²) in [5, 5.41) is 0.546. The van der Waals surface area contributed by atoms with E-state index in [0.29, 0.717) is 22.2 Å². The molecule has 0 aliphatic rings. The number of ether oxygens (including phenoxy) is 3. The van der Waals surface area contributed by atoms with Crippen molar-refractivity contribution in [2.45, 2.75) is 20.8 Å². The van der Waals surface area contributed by atoms with Crippen LogP contribution in [-0.2, 0) is 14.3 Å². The maximum atomic E-state index is 12.5. The lowest BCUT2D eigenvalue weighted by molar-refractivity contribution is -0.144. The molecule has 0 unspecified atom stereocenters. The molecular formula is C19H20ClNO6. The average Bonchev–Trinajstić information content (AvgIpc) is 2.93. The van der Waals surface area contributed by atoms with Gasteiger partial charge in [0.25, 0.3) is 0 Å². The molecule has 0 saturated carbocycles. The summed E-state index contributed by atoms with van der Waals surface area (Å²) < 4.78 is 15.2. The Kier molecular flexibility index (Phi) is 7.01. The van der Waals surface area contributed by atoms with Gasteiger partial charge >= 0.3 is 11.9 Å². The first-order valence-electron chi connectivity index (χ1n) is 8.27. The number of carbonyl (C=O) groups is 3. The molecule has 0 atom stereocenters. The first-order chi connectivity index (χ1) is 12.8. The van der Waals surface area contributed by atoms with E-state index in [-0.39, 0.29) is 24.3 Å². The predicted octanol–water partition coefficient (Wildman–Crippen LogP) is 3.27. The van der Waals surface area contributed by atoms with E-state index >= 15 is 0 Å². The molecule has 0 spiro atoms. The van der Waals surface area contributed by atoms with Crippen LogP contribution >= 0.6 is 11.6 Å². The molecule has 7 nitrogen and oxygen atoms in total. The molecule has 1 N–H and O–H groups in total. The van der Waals surface area contributed by atoms with Crippen molar-refractivity contribution in [3.05, 3.63) is 51.8 Å². The van der Waals surface area contributed by atoms with Crippen LogP contribution in [0.1, 0.15) is 39.0 Å². The molecular weight excluding hydrogens is 374 g/mol. The summed E-state index contributed by atoms with van der Waals surface area (Å²) >= 11 is 5.77. The highest BCUT2D eigenvalue weighted by Gasteiger charge is 2.26. The normalized spacial score (nSPS) is 10.4. The van der Waals surface area contributed by atoms with Crippen LogP contribution in [0, 0.1) is 13.8 Å². The molecule has 0 radical (unpaired) electrons. The monoisotopic (exact) mass is 393 g/mol. The van der Waals surface area contributed by atoms with Gasteiger partial charge in [0.05, 0.1) is 17.7 Å². The zero-order valence-corrected chi connectivity index (χ0v) is 16.0. The lowest BCUT2D eigenvalue weighted by Crippen LogP contribution is -2.21. The van der Waals surface area contributed by atoms with Crippen molar-refractivity contribution in [2.75, 3.05) is 19.8 Å². The Labute approximate surface area is 161 Å². The fourth-order valence-electron chi connectivity index (χ4n) is 2.52. The highest BCUT2D eigenvalue weighted by Crippen LogP contribution is 2.20. The smallest absolute Gasteiger partial charge is 0.344 e. The van der Waals surface area contributed by atoms with Crippen LogP contribution in [0.5, 0.6) is 5.75 Å². The number of aromatic nitrogens is 1. The SMILES string of the molecule is CCOC(=O)c1c(C)[nH]c(C)c1C(=O)COC(=O)COc1ccc(Cl)cc1. The van der Waals surface area contributed by atoms with E-state index in [2.05, 4.69) is 4.98 Å². The van der Waals surface area contributed by atoms with Gasteiger partial charge in [-0.05, 0) is 45.0 Å². The molecule has 0 fully saturated rings. The number of esters is 2. The van der Waals surface area contributed by atoms with Crippen molar-refractivity contribution in [3.8, 4) is 5.75 Å². The first-order valence-corrected chi connectivity index (χ1v) is 8.64. The van der Waals surface area contributed by atoms with Crippen molar-refractivity contribution < 1.29 is 28.6 Å². The third-order valence-corrected chi connectivity index (χ3v) is 3.92. The summed E-state index contributed by atoms with van der Waals surface area (Å²) in [6, 6.07) is 6.47. The molecule has 8 heteroatoms. The zero-order chi connectivity index (χ0) is 20.0. The molecule has 1 aromatic heterocycles. The van der Waals surface area contributed by atoms with Gasteiger partial charge in [-0.1, -0.05) is 11.6 Å². The lowest BCUT2D eigenvalue weighted by atomic mass is 10.1. The number of benzene rings is 1. The second kappa shape index (κ2) is 9.23. The van der Waals surface area contributed by atoms with E-state index in [1.807, 2.05) is 0 Å². The molecule has 0 bridgehead atoms. The van der Waals surface area contributed by atoms with Crippen molar-refractivity contribution in [1.29, 1.82) is 0 Å². The molecule has 0 aliphatic carbocycles. The van der Waals surface area contributed by atoms with Gasteiger partial charge in [-0.2, -0.15) is 0 Å². The van der Waals surface area contributed by atoms with Gasteiger partial charge in [-0.15, -0.1) is 0 Å². The summed E-state index contributed by atoms with van der Waals surface area (Å²) in [5.41, 5.74) is 1.35. The van der Waals surface area contributed by atoms with E-state index < -0.39 is 24.3 Å². The van der Waals surface area contributed by atoms with Gasteiger partial charge in [-0.3, -0.25) is 4.79 Å². The maximum Gasteiger partial charge on any atom is 0.344 e. The zero-order valence-electron chi connectivity index (χ0n) is 15.3. The fraction of sp³-hybridized carbons (Fsp3) is 0.316. The van der Waals surface area contributed by atoms with Crippen LogP contribution in [-0.4, -0.2) is 42.5 Å². The quantitative estimate of drug-likeness (QED) is 0.546. The highest BCUT2D eigenvalue weighted by atomic mass is 35.5. The first kappa shape index (κ1) is 20.5. The molecule has 1 heterocycles. The van der Waals surface area contributed by atoms with E-state index in [0.717, 1.165) is 0 Å². The Morgan fingerprint density at radius 3 is 2.22 bits per heavy atom. The number of hydrogen-bond acceptors (Lipinski definition) is 6. The molecule has 0 amide bonds. The molecule has 0 aliphatic heterocycles. The molecule has 2 rings (SSSR count). The number of H-pyrrole nitrogens is 1. The number of aryl methyl sites for hydroxylation is 2. The third-order valence-electron chi connectivity index (χ3n) is 3.67. The lowest BCUT2D eigenvalue weighted by Gasteiger charge is -2.08. The minimum atomic E-state index is -0.708. The summed E-state index contributed by atoms with van der Waals surface area (Å²) in [5.74, 6) is -1.36. The molecule has 2 aromatic rings. The number of hydrogen-bond donors (Lipinski definition) is 1. The van der Waals surface area contributed by atoms with Crippen LogP contribution < -0.4 is 4.74 Å². The number of Topliss-reactive ketones (excluding diaryl/α,β-unsaturated/α-hetero) is 1. The number of ketones is 1. The minimum Gasteiger partial charge on any atom is -0.482 e. The van der Waals surface area contributed by atoms with Crippen LogP contribution in [0.15, 0.2) is 24.3 Å². The van der Waals surface area contributed by atoms with Gasteiger partial charge in [0, 0.05) is 16.4 Å². The summed E-state index contributed by atoms with van der Waals surface area (Å²) in [6.45, 7) is 4.33. The Morgan fingerprint density at radius 1 is 0.963 bits per heavy atom. The van der Waals surface area contributed by atoms with Crippen molar-refractivity contribution in [3.63, 3.8) is 0 Å². The topological polar surface area (TPSA) is 94.7 Å². The summed E-state index contributed by atoms with van der Waals surface area (Å²) in [4.78, 5) is 39.3. The average molecular weight is 394 g/mol. The van der Waals surface area contributed by atoms with Crippen LogP contribution in [0.2, 0.25) is 5.02 Å². The van der Waals surface area contributed by atoms with Gasteiger partial charge < -0.3 is 19.2 Å². The number of carbonyl (C=O) groups excluding carboxylic acids is 3. The number of aromatic amines is 1. The van der Waals surface area contributed by atoms with Crippen LogP contribution in [0.25, 0.3) is 0 Å². The summed E-state index contributed by atoms with van der Waals surface area (Å²) in [7, 11) is 0. The second-order valence-corrected chi connectivity index (χ2v) is 6.11. The van der Waals surface area contributed by atoms with Crippen LogP contribution in [0.3, 0.4) is 0 Å². The Hall–Kier alpha value is -2.80. The van der Waals surface area contributed by atoms with Gasteiger partial charge in [0.2, 0.25) is 5.78 Å². The maximum absolute atomic E-state index is 12.5. The Balaban J connectivity index is 1.96. The van der Waals surface area contributed by atoms with E-state index in [9.17, 15) is 14.4 Å². The highest BCUT2D eigenvalue weighted by molar-refractivity contribution is 6.30. The Bertz CT molecular complexity index is 841. The van der Waals surface area contributed by atoms with Crippen molar-refractivity contribution in [2.24, 2.45) is 0 Å². The van der Waals surface area contributed by atoms with E-state index in [1.165, 1.54) is 0 Å². The van der Waals surface area contributed by atoms with Gasteiger partial charge in [-0.25, -0.2) is 9.59 Å². The largest absolute Gasteiger partial charge is 0.482 e. The minimum absolute atomic E-state index is 0.160. The molecule has 1 aromatic carbocycles. The Morgan fingerprint density at radius 2 is 1.59 bits per heavy atom. The second-order valence-electron chi connectivity index (χ2n) is 5.67.